The van der Waals surface area contributed by atoms with Crippen LogP contribution >= 0.6 is 0 Å². The lowest BCUT2D eigenvalue weighted by Crippen LogP contribution is -2.29. The van der Waals surface area contributed by atoms with Crippen LogP contribution < -0.4 is 10.6 Å². The molecule has 0 rings (SSSR count). The third-order valence-electron chi connectivity index (χ3n) is 1.71. The van der Waals surface area contributed by atoms with Crippen LogP contribution in [0.4, 0.5) is 0 Å². The van der Waals surface area contributed by atoms with E-state index in [1.165, 1.54) is 6.42 Å². The molecule has 2 heteroatoms. The Bertz CT molecular complexity index is 79.9. The molecule has 12 heavy (non-hydrogen) atoms. The minimum atomic E-state index is 0.428. The molecule has 0 saturated heterocycles. The molecular weight excluding hydrogens is 148 g/mol. The van der Waals surface area contributed by atoms with Crippen LogP contribution in [0.15, 0.2) is 0 Å². The summed E-state index contributed by atoms with van der Waals surface area (Å²) < 4.78 is 0. The lowest BCUT2D eigenvalue weighted by molar-refractivity contribution is 0.321. The monoisotopic (exact) mass is 174 g/mol. The SMILES string of the molecule is CC.CNCCC(C)(C)CNC. The van der Waals surface area contributed by atoms with Gasteiger partial charge in [0.15, 0.2) is 0 Å². The van der Waals surface area contributed by atoms with Crippen molar-refractivity contribution in [1.29, 1.82) is 0 Å². The minimum absolute atomic E-state index is 0.428. The van der Waals surface area contributed by atoms with Crippen molar-refractivity contribution < 1.29 is 0 Å². The van der Waals surface area contributed by atoms with Crippen LogP contribution in [-0.4, -0.2) is 27.2 Å². The van der Waals surface area contributed by atoms with E-state index in [0.29, 0.717) is 5.41 Å². The number of hydrogen-bond acceptors (Lipinski definition) is 2. The van der Waals surface area contributed by atoms with Crippen molar-refractivity contribution in [1.82, 2.24) is 10.6 Å². The third-order valence-corrected chi connectivity index (χ3v) is 1.71. The molecule has 0 saturated carbocycles. The second kappa shape index (κ2) is 9.01. The molecule has 0 aromatic heterocycles. The van der Waals surface area contributed by atoms with Crippen LogP contribution in [0.3, 0.4) is 0 Å². The first-order valence-electron chi connectivity index (χ1n) is 4.91. The highest BCUT2D eigenvalue weighted by Gasteiger charge is 2.14. The van der Waals surface area contributed by atoms with Crippen molar-refractivity contribution in [2.45, 2.75) is 34.1 Å². The zero-order chi connectivity index (χ0) is 10.0. The molecule has 2 nitrogen and oxygen atoms in total. The van der Waals surface area contributed by atoms with Gasteiger partial charge in [0.05, 0.1) is 0 Å². The second-order valence-electron chi connectivity index (χ2n) is 3.55. The molecule has 0 spiro atoms. The fraction of sp³-hybridized carbons (Fsp3) is 1.00. The quantitative estimate of drug-likeness (QED) is 0.665. The molecule has 0 unspecified atom stereocenters. The van der Waals surface area contributed by atoms with Gasteiger partial charge in [-0.2, -0.15) is 0 Å². The van der Waals surface area contributed by atoms with Crippen molar-refractivity contribution in [3.05, 3.63) is 0 Å². The molecule has 0 radical (unpaired) electrons. The molecule has 0 aliphatic carbocycles. The molecule has 0 atom stereocenters. The minimum Gasteiger partial charge on any atom is -0.320 e. The maximum absolute atomic E-state index is 3.19. The molecule has 0 aliphatic heterocycles. The first-order chi connectivity index (χ1) is 5.62. The Morgan fingerprint density at radius 3 is 1.83 bits per heavy atom. The van der Waals surface area contributed by atoms with E-state index in [2.05, 4.69) is 24.5 Å². The lowest BCUT2D eigenvalue weighted by Gasteiger charge is -2.23. The van der Waals surface area contributed by atoms with Gasteiger partial charge < -0.3 is 10.6 Å². The van der Waals surface area contributed by atoms with Crippen molar-refractivity contribution in [2.75, 3.05) is 27.2 Å². The van der Waals surface area contributed by atoms with E-state index in [9.17, 15) is 0 Å². The van der Waals surface area contributed by atoms with Gasteiger partial charge >= 0.3 is 0 Å². The van der Waals surface area contributed by atoms with Gasteiger partial charge in [-0.25, -0.2) is 0 Å². The van der Waals surface area contributed by atoms with Crippen molar-refractivity contribution in [3.8, 4) is 0 Å². The van der Waals surface area contributed by atoms with E-state index < -0.39 is 0 Å². The smallest absolute Gasteiger partial charge is 0.00000117 e. The topological polar surface area (TPSA) is 24.1 Å². The molecule has 0 amide bonds. The lowest BCUT2D eigenvalue weighted by atomic mass is 9.89. The van der Waals surface area contributed by atoms with Crippen LogP contribution in [0.1, 0.15) is 34.1 Å². The molecule has 0 heterocycles. The van der Waals surface area contributed by atoms with Gasteiger partial charge in [0.25, 0.3) is 0 Å². The van der Waals surface area contributed by atoms with Gasteiger partial charge in [0.2, 0.25) is 0 Å². The molecule has 76 valence electrons. The summed E-state index contributed by atoms with van der Waals surface area (Å²) in [6.45, 7) is 10.8. The molecule has 2 N–H and O–H groups in total. The molecular formula is C10H26N2. The van der Waals surface area contributed by atoms with E-state index in [0.717, 1.165) is 13.1 Å². The fourth-order valence-electron chi connectivity index (χ4n) is 1.03. The van der Waals surface area contributed by atoms with Crippen LogP contribution in [0.5, 0.6) is 0 Å². The number of hydrogen-bond donors (Lipinski definition) is 2. The van der Waals surface area contributed by atoms with Crippen LogP contribution in [0.25, 0.3) is 0 Å². The number of nitrogens with one attached hydrogen (secondary N) is 2. The van der Waals surface area contributed by atoms with Gasteiger partial charge in [-0.3, -0.25) is 0 Å². The summed E-state index contributed by atoms with van der Waals surface area (Å²) in [7, 11) is 4.00. The van der Waals surface area contributed by atoms with E-state index in [-0.39, 0.29) is 0 Å². The van der Waals surface area contributed by atoms with Crippen LogP contribution in [0, 0.1) is 5.41 Å². The van der Waals surface area contributed by atoms with E-state index >= 15 is 0 Å². The average molecular weight is 174 g/mol. The Morgan fingerprint density at radius 1 is 1.00 bits per heavy atom. The van der Waals surface area contributed by atoms with E-state index in [1.807, 2.05) is 27.9 Å². The predicted molar refractivity (Wildman–Crippen MR) is 57.6 cm³/mol. The normalized spacial score (nSPS) is 10.5. The van der Waals surface area contributed by atoms with Gasteiger partial charge in [0, 0.05) is 0 Å². The summed E-state index contributed by atoms with van der Waals surface area (Å²) in [4.78, 5) is 0. The van der Waals surface area contributed by atoms with E-state index in [4.69, 9.17) is 0 Å². The Labute approximate surface area is 78.1 Å². The van der Waals surface area contributed by atoms with Gasteiger partial charge in [-0.1, -0.05) is 27.7 Å². The van der Waals surface area contributed by atoms with Gasteiger partial charge in [-0.15, -0.1) is 0 Å². The van der Waals surface area contributed by atoms with Crippen molar-refractivity contribution >= 4 is 0 Å². The standard InChI is InChI=1S/C8H20N2.C2H6/c1-8(2,7-10-4)5-6-9-3;1-2/h9-10H,5-7H2,1-4H3;1-2H3. The maximum atomic E-state index is 3.19. The molecule has 0 fully saturated rings. The summed E-state index contributed by atoms with van der Waals surface area (Å²) in [5.74, 6) is 0. The highest BCUT2D eigenvalue weighted by Crippen LogP contribution is 2.17. The first kappa shape index (κ1) is 14.4. The third kappa shape index (κ3) is 9.92. The highest BCUT2D eigenvalue weighted by atomic mass is 14.8. The number of rotatable bonds is 5. The molecule has 0 aromatic rings. The van der Waals surface area contributed by atoms with Crippen LogP contribution in [0.2, 0.25) is 0 Å². The summed E-state index contributed by atoms with van der Waals surface area (Å²) in [5, 5.41) is 6.34. The fourth-order valence-corrected chi connectivity index (χ4v) is 1.03. The summed E-state index contributed by atoms with van der Waals surface area (Å²) >= 11 is 0. The Balaban J connectivity index is 0. The molecule has 0 aromatic carbocycles. The summed E-state index contributed by atoms with van der Waals surface area (Å²) in [6, 6.07) is 0. The Kier molecular flexibility index (Phi) is 10.8. The zero-order valence-corrected chi connectivity index (χ0v) is 9.62. The largest absolute Gasteiger partial charge is 0.320 e. The summed E-state index contributed by atoms with van der Waals surface area (Å²) in [6.07, 6.45) is 1.23. The predicted octanol–water partition coefficient (Wildman–Crippen LogP) is 1.87. The second-order valence-corrected chi connectivity index (χ2v) is 3.55. The Hall–Kier alpha value is -0.0800. The zero-order valence-electron chi connectivity index (χ0n) is 9.62. The molecule has 0 bridgehead atoms. The molecule has 0 aliphatic rings. The van der Waals surface area contributed by atoms with Crippen molar-refractivity contribution in [3.63, 3.8) is 0 Å². The maximum Gasteiger partial charge on any atom is -0.00000117 e. The van der Waals surface area contributed by atoms with Gasteiger partial charge in [-0.05, 0) is 39.0 Å². The average Bonchev–Trinajstić information content (AvgIpc) is 2.05. The van der Waals surface area contributed by atoms with Crippen molar-refractivity contribution in [2.24, 2.45) is 5.41 Å². The Morgan fingerprint density at radius 2 is 1.50 bits per heavy atom. The van der Waals surface area contributed by atoms with E-state index in [1.54, 1.807) is 0 Å². The highest BCUT2D eigenvalue weighted by molar-refractivity contribution is 4.70. The van der Waals surface area contributed by atoms with Gasteiger partial charge in [0.1, 0.15) is 0 Å². The summed E-state index contributed by atoms with van der Waals surface area (Å²) in [5.41, 5.74) is 0.428. The first-order valence-corrected chi connectivity index (χ1v) is 4.91. The van der Waals surface area contributed by atoms with Crippen LogP contribution in [-0.2, 0) is 0 Å².